The van der Waals surface area contributed by atoms with Crippen LogP contribution in [-0.2, 0) is 6.42 Å². The monoisotopic (exact) mass is 218 g/mol. The van der Waals surface area contributed by atoms with Crippen molar-refractivity contribution in [3.05, 3.63) is 30.1 Å². The molecular weight excluding hydrogens is 196 g/mol. The highest BCUT2D eigenvalue weighted by atomic mass is 14.9. The maximum atomic E-state index is 4.41. The Bertz CT molecular complexity index is 297. The molecule has 88 valence electrons. The van der Waals surface area contributed by atoms with Crippen LogP contribution in [0.5, 0.6) is 0 Å². The van der Waals surface area contributed by atoms with Crippen molar-refractivity contribution >= 4 is 0 Å². The predicted molar refractivity (Wildman–Crippen MR) is 67.3 cm³/mol. The van der Waals surface area contributed by atoms with E-state index in [1.54, 1.807) is 0 Å². The van der Waals surface area contributed by atoms with Gasteiger partial charge in [0.15, 0.2) is 0 Å². The van der Waals surface area contributed by atoms with Crippen LogP contribution >= 0.6 is 0 Å². The number of hydrogen-bond acceptors (Lipinski definition) is 2. The zero-order valence-electron chi connectivity index (χ0n) is 10.2. The second-order valence-corrected chi connectivity index (χ2v) is 4.83. The Morgan fingerprint density at radius 3 is 2.81 bits per heavy atom. The van der Waals surface area contributed by atoms with Crippen LogP contribution in [0.25, 0.3) is 0 Å². The molecule has 0 radical (unpaired) electrons. The molecule has 0 spiro atoms. The zero-order chi connectivity index (χ0) is 11.2. The van der Waals surface area contributed by atoms with Crippen LogP contribution in [0.15, 0.2) is 24.4 Å². The highest BCUT2D eigenvalue weighted by molar-refractivity contribution is 5.05. The van der Waals surface area contributed by atoms with E-state index in [4.69, 9.17) is 0 Å². The number of pyridine rings is 1. The molecule has 2 rings (SSSR count). The van der Waals surface area contributed by atoms with Crippen molar-refractivity contribution in [3.8, 4) is 0 Å². The Labute approximate surface area is 98.5 Å². The number of aromatic nitrogens is 1. The topological polar surface area (TPSA) is 24.9 Å². The second kappa shape index (κ2) is 6.00. The summed E-state index contributed by atoms with van der Waals surface area (Å²) in [5.41, 5.74) is 1.26. The van der Waals surface area contributed by atoms with Gasteiger partial charge in [0, 0.05) is 11.9 Å². The summed E-state index contributed by atoms with van der Waals surface area (Å²) in [6, 6.07) is 6.23. The SMILES string of the molecule is CCCNCC1CCC1Cc1ccccn1. The van der Waals surface area contributed by atoms with E-state index in [9.17, 15) is 0 Å². The molecule has 0 saturated heterocycles. The van der Waals surface area contributed by atoms with E-state index in [1.165, 1.54) is 37.9 Å². The smallest absolute Gasteiger partial charge is 0.0406 e. The van der Waals surface area contributed by atoms with E-state index < -0.39 is 0 Å². The van der Waals surface area contributed by atoms with Gasteiger partial charge < -0.3 is 5.32 Å². The molecule has 2 heteroatoms. The van der Waals surface area contributed by atoms with Gasteiger partial charge in [-0.3, -0.25) is 4.98 Å². The molecule has 1 fully saturated rings. The first-order valence-corrected chi connectivity index (χ1v) is 6.50. The maximum Gasteiger partial charge on any atom is 0.0406 e. The van der Waals surface area contributed by atoms with Crippen molar-refractivity contribution in [2.45, 2.75) is 32.6 Å². The fourth-order valence-electron chi connectivity index (χ4n) is 2.43. The normalized spacial score (nSPS) is 24.1. The summed E-state index contributed by atoms with van der Waals surface area (Å²) in [6.45, 7) is 4.58. The van der Waals surface area contributed by atoms with E-state index >= 15 is 0 Å². The molecule has 1 heterocycles. The molecule has 0 amide bonds. The third-order valence-corrected chi connectivity index (χ3v) is 3.61. The first-order chi connectivity index (χ1) is 7.90. The van der Waals surface area contributed by atoms with Gasteiger partial charge in [-0.1, -0.05) is 13.0 Å². The molecule has 2 nitrogen and oxygen atoms in total. The van der Waals surface area contributed by atoms with E-state index in [1.807, 2.05) is 12.3 Å². The highest BCUT2D eigenvalue weighted by Crippen LogP contribution is 2.35. The van der Waals surface area contributed by atoms with Crippen molar-refractivity contribution in [1.29, 1.82) is 0 Å². The minimum Gasteiger partial charge on any atom is -0.316 e. The van der Waals surface area contributed by atoms with Crippen molar-refractivity contribution < 1.29 is 0 Å². The summed E-state index contributed by atoms with van der Waals surface area (Å²) >= 11 is 0. The molecule has 0 aliphatic heterocycles. The Balaban J connectivity index is 1.74. The molecule has 1 aromatic rings. The van der Waals surface area contributed by atoms with E-state index in [0.717, 1.165) is 18.4 Å². The van der Waals surface area contributed by atoms with Crippen molar-refractivity contribution in [2.75, 3.05) is 13.1 Å². The van der Waals surface area contributed by atoms with Gasteiger partial charge in [0.2, 0.25) is 0 Å². The van der Waals surface area contributed by atoms with Gasteiger partial charge in [0.25, 0.3) is 0 Å². The van der Waals surface area contributed by atoms with E-state index in [0.29, 0.717) is 0 Å². The lowest BCUT2D eigenvalue weighted by Crippen LogP contribution is -2.36. The quantitative estimate of drug-likeness (QED) is 0.743. The van der Waals surface area contributed by atoms with Crippen molar-refractivity contribution in [1.82, 2.24) is 10.3 Å². The molecule has 16 heavy (non-hydrogen) atoms. The van der Waals surface area contributed by atoms with Gasteiger partial charge in [-0.15, -0.1) is 0 Å². The fourth-order valence-corrected chi connectivity index (χ4v) is 2.43. The van der Waals surface area contributed by atoms with Crippen LogP contribution < -0.4 is 5.32 Å². The van der Waals surface area contributed by atoms with Gasteiger partial charge in [0.05, 0.1) is 0 Å². The van der Waals surface area contributed by atoms with Crippen LogP contribution in [0.1, 0.15) is 31.9 Å². The van der Waals surface area contributed by atoms with Crippen LogP contribution in [0.4, 0.5) is 0 Å². The molecule has 1 aliphatic carbocycles. The Morgan fingerprint density at radius 2 is 2.19 bits per heavy atom. The largest absolute Gasteiger partial charge is 0.316 e. The minimum absolute atomic E-state index is 0.860. The average Bonchev–Trinajstić information content (AvgIpc) is 2.32. The lowest BCUT2D eigenvalue weighted by molar-refractivity contribution is 0.170. The van der Waals surface area contributed by atoms with E-state index in [-0.39, 0.29) is 0 Å². The van der Waals surface area contributed by atoms with Gasteiger partial charge in [0.1, 0.15) is 0 Å². The third kappa shape index (κ3) is 3.05. The summed E-state index contributed by atoms with van der Waals surface area (Å²) in [6.07, 6.45) is 7.08. The third-order valence-electron chi connectivity index (χ3n) is 3.61. The molecule has 1 saturated carbocycles. The summed E-state index contributed by atoms with van der Waals surface area (Å²) in [5, 5.41) is 3.53. The molecule has 1 aliphatic rings. The Hall–Kier alpha value is -0.890. The predicted octanol–water partition coefficient (Wildman–Crippen LogP) is 2.65. The number of hydrogen-bond donors (Lipinski definition) is 1. The van der Waals surface area contributed by atoms with Gasteiger partial charge in [-0.05, 0) is 62.7 Å². The summed E-state index contributed by atoms with van der Waals surface area (Å²) in [4.78, 5) is 4.41. The molecular formula is C14H22N2. The number of rotatable bonds is 6. The molecule has 1 N–H and O–H groups in total. The molecule has 0 aromatic carbocycles. The molecule has 1 aromatic heterocycles. The van der Waals surface area contributed by atoms with Gasteiger partial charge in [-0.25, -0.2) is 0 Å². The molecule has 2 unspecified atom stereocenters. The minimum atomic E-state index is 0.860. The standard InChI is InChI=1S/C14H22N2/c1-2-8-15-11-13-7-6-12(13)10-14-5-3-4-9-16-14/h3-5,9,12-13,15H,2,6-8,10-11H2,1H3. The van der Waals surface area contributed by atoms with Gasteiger partial charge in [-0.2, -0.15) is 0 Å². The molecule has 2 atom stereocenters. The number of nitrogens with one attached hydrogen (secondary N) is 1. The maximum absolute atomic E-state index is 4.41. The fraction of sp³-hybridized carbons (Fsp3) is 0.643. The second-order valence-electron chi connectivity index (χ2n) is 4.83. The van der Waals surface area contributed by atoms with Crippen molar-refractivity contribution in [3.63, 3.8) is 0 Å². The number of nitrogens with zero attached hydrogens (tertiary/aromatic N) is 1. The van der Waals surface area contributed by atoms with Crippen LogP contribution in [0, 0.1) is 11.8 Å². The lowest BCUT2D eigenvalue weighted by Gasteiger charge is -2.36. The Kier molecular flexibility index (Phi) is 4.34. The van der Waals surface area contributed by atoms with Crippen molar-refractivity contribution in [2.24, 2.45) is 11.8 Å². The zero-order valence-corrected chi connectivity index (χ0v) is 10.2. The van der Waals surface area contributed by atoms with Crippen LogP contribution in [0.3, 0.4) is 0 Å². The van der Waals surface area contributed by atoms with Gasteiger partial charge >= 0.3 is 0 Å². The highest BCUT2D eigenvalue weighted by Gasteiger charge is 2.30. The van der Waals surface area contributed by atoms with E-state index in [2.05, 4.69) is 29.4 Å². The van der Waals surface area contributed by atoms with Crippen LogP contribution in [-0.4, -0.2) is 18.1 Å². The summed E-state index contributed by atoms with van der Waals surface area (Å²) in [7, 11) is 0. The lowest BCUT2D eigenvalue weighted by atomic mass is 9.71. The Morgan fingerprint density at radius 1 is 1.31 bits per heavy atom. The van der Waals surface area contributed by atoms with Crippen LogP contribution in [0.2, 0.25) is 0 Å². The first-order valence-electron chi connectivity index (χ1n) is 6.50. The summed E-state index contributed by atoms with van der Waals surface area (Å²) < 4.78 is 0. The average molecular weight is 218 g/mol. The summed E-state index contributed by atoms with van der Waals surface area (Å²) in [5.74, 6) is 1.74. The molecule has 0 bridgehead atoms. The first kappa shape index (κ1) is 11.6.